The quantitative estimate of drug-likeness (QED) is 0.537. The van der Waals surface area contributed by atoms with Gasteiger partial charge in [0.15, 0.2) is 12.4 Å². The standard InChI is InChI=1S/C20H23NO4S/c1-3-15-6-8-16(9-7-15)14(2)21-19(23)13-25-20(24)11-10-17(22)18-5-4-12-26-18/h4-9,12,14H,3,10-11,13H2,1-2H3,(H,21,23). The highest BCUT2D eigenvalue weighted by Crippen LogP contribution is 2.14. The molecule has 2 rings (SSSR count). The van der Waals surface area contributed by atoms with Gasteiger partial charge < -0.3 is 10.1 Å². The Kier molecular flexibility index (Phi) is 7.53. The third kappa shape index (κ3) is 6.11. The van der Waals surface area contributed by atoms with Crippen LogP contribution in [0.3, 0.4) is 0 Å². The number of esters is 1. The van der Waals surface area contributed by atoms with Crippen LogP contribution in [0.4, 0.5) is 0 Å². The molecule has 0 bridgehead atoms. The van der Waals surface area contributed by atoms with E-state index in [2.05, 4.69) is 12.2 Å². The second kappa shape index (κ2) is 9.87. The Labute approximate surface area is 157 Å². The first-order valence-electron chi connectivity index (χ1n) is 8.60. The number of hydrogen-bond acceptors (Lipinski definition) is 5. The number of carbonyl (C=O) groups is 3. The van der Waals surface area contributed by atoms with E-state index in [-0.39, 0.29) is 37.2 Å². The first-order chi connectivity index (χ1) is 12.5. The second-order valence-electron chi connectivity index (χ2n) is 5.95. The Hall–Kier alpha value is -2.47. The Bertz CT molecular complexity index is 738. The molecule has 0 aliphatic rings. The van der Waals surface area contributed by atoms with E-state index in [9.17, 15) is 14.4 Å². The summed E-state index contributed by atoms with van der Waals surface area (Å²) in [5, 5.41) is 4.61. The van der Waals surface area contributed by atoms with Crippen LogP contribution in [0.1, 0.15) is 53.5 Å². The van der Waals surface area contributed by atoms with Gasteiger partial charge in [-0.3, -0.25) is 14.4 Å². The van der Waals surface area contributed by atoms with Gasteiger partial charge in [0.2, 0.25) is 0 Å². The largest absolute Gasteiger partial charge is 0.456 e. The highest BCUT2D eigenvalue weighted by Gasteiger charge is 2.14. The molecule has 2 aromatic rings. The lowest BCUT2D eigenvalue weighted by atomic mass is 10.1. The molecular formula is C20H23NO4S. The van der Waals surface area contributed by atoms with E-state index in [4.69, 9.17) is 4.74 Å². The first kappa shape index (κ1) is 19.8. The van der Waals surface area contributed by atoms with Gasteiger partial charge in [-0.2, -0.15) is 0 Å². The maximum Gasteiger partial charge on any atom is 0.306 e. The predicted octanol–water partition coefficient (Wildman–Crippen LogP) is 3.69. The van der Waals surface area contributed by atoms with E-state index in [0.29, 0.717) is 4.88 Å². The van der Waals surface area contributed by atoms with Gasteiger partial charge in [0.1, 0.15) is 0 Å². The van der Waals surface area contributed by atoms with Gasteiger partial charge >= 0.3 is 5.97 Å². The Morgan fingerprint density at radius 3 is 2.46 bits per heavy atom. The molecule has 0 saturated heterocycles. The van der Waals surface area contributed by atoms with Crippen LogP contribution in [0.5, 0.6) is 0 Å². The minimum Gasteiger partial charge on any atom is -0.456 e. The molecule has 0 aliphatic heterocycles. The molecule has 138 valence electrons. The molecule has 1 unspecified atom stereocenters. The number of carbonyl (C=O) groups excluding carboxylic acids is 3. The van der Waals surface area contributed by atoms with Crippen molar-refractivity contribution < 1.29 is 19.1 Å². The molecule has 1 atom stereocenters. The summed E-state index contributed by atoms with van der Waals surface area (Å²) < 4.78 is 4.95. The fraction of sp³-hybridized carbons (Fsp3) is 0.350. The fourth-order valence-electron chi connectivity index (χ4n) is 2.40. The lowest BCUT2D eigenvalue weighted by molar-refractivity contribution is -0.148. The maximum atomic E-state index is 11.9. The zero-order chi connectivity index (χ0) is 18.9. The zero-order valence-corrected chi connectivity index (χ0v) is 15.8. The molecule has 0 radical (unpaired) electrons. The summed E-state index contributed by atoms with van der Waals surface area (Å²) in [6.45, 7) is 3.62. The number of nitrogens with one attached hydrogen (secondary N) is 1. The monoisotopic (exact) mass is 373 g/mol. The topological polar surface area (TPSA) is 72.5 Å². The minimum atomic E-state index is -0.551. The van der Waals surface area contributed by atoms with Crippen molar-refractivity contribution in [2.45, 2.75) is 39.2 Å². The normalized spacial score (nSPS) is 11.6. The lowest BCUT2D eigenvalue weighted by Crippen LogP contribution is -2.31. The SMILES string of the molecule is CCc1ccc(C(C)NC(=O)COC(=O)CCC(=O)c2cccs2)cc1. The van der Waals surface area contributed by atoms with Crippen molar-refractivity contribution in [3.05, 3.63) is 57.8 Å². The van der Waals surface area contributed by atoms with Gasteiger partial charge in [-0.15, -0.1) is 11.3 Å². The molecule has 0 saturated carbocycles. The van der Waals surface area contributed by atoms with Crippen molar-refractivity contribution in [2.24, 2.45) is 0 Å². The Morgan fingerprint density at radius 1 is 1.12 bits per heavy atom. The number of aryl methyl sites for hydroxylation is 1. The van der Waals surface area contributed by atoms with Crippen LogP contribution in [-0.4, -0.2) is 24.3 Å². The molecule has 5 nitrogen and oxygen atoms in total. The van der Waals surface area contributed by atoms with E-state index < -0.39 is 5.97 Å². The van der Waals surface area contributed by atoms with Crippen molar-refractivity contribution in [3.63, 3.8) is 0 Å². The number of Topliss-reactive ketones (excluding diaryl/α,β-unsaturated/α-hetero) is 1. The summed E-state index contributed by atoms with van der Waals surface area (Å²) in [6.07, 6.45) is 1.02. The van der Waals surface area contributed by atoms with Gasteiger partial charge in [-0.25, -0.2) is 0 Å². The van der Waals surface area contributed by atoms with Crippen LogP contribution in [0, 0.1) is 0 Å². The summed E-state index contributed by atoms with van der Waals surface area (Å²) in [5.74, 6) is -1.01. The molecule has 1 N–H and O–H groups in total. The Morgan fingerprint density at radius 2 is 1.85 bits per heavy atom. The van der Waals surface area contributed by atoms with Crippen LogP contribution in [0.25, 0.3) is 0 Å². The molecule has 26 heavy (non-hydrogen) atoms. The van der Waals surface area contributed by atoms with Crippen LogP contribution < -0.4 is 5.32 Å². The average molecular weight is 373 g/mol. The fourth-order valence-corrected chi connectivity index (χ4v) is 3.10. The maximum absolute atomic E-state index is 11.9. The average Bonchev–Trinajstić information content (AvgIpc) is 3.19. The van der Waals surface area contributed by atoms with Crippen LogP contribution in [-0.2, 0) is 20.7 Å². The molecule has 0 fully saturated rings. The molecule has 1 aromatic carbocycles. The Balaban J connectivity index is 1.70. The third-order valence-electron chi connectivity index (χ3n) is 3.98. The molecule has 1 amide bonds. The molecule has 0 spiro atoms. The minimum absolute atomic E-state index is 0.0297. The second-order valence-corrected chi connectivity index (χ2v) is 6.89. The summed E-state index contributed by atoms with van der Waals surface area (Å²) in [6, 6.07) is 11.4. The first-order valence-corrected chi connectivity index (χ1v) is 9.48. The number of ether oxygens (including phenoxy) is 1. The van der Waals surface area contributed by atoms with Crippen LogP contribution in [0.2, 0.25) is 0 Å². The number of thiophene rings is 1. The van der Waals surface area contributed by atoms with E-state index in [1.165, 1.54) is 16.9 Å². The van der Waals surface area contributed by atoms with Crippen molar-refractivity contribution >= 4 is 29.0 Å². The van der Waals surface area contributed by atoms with Gasteiger partial charge in [-0.05, 0) is 35.9 Å². The number of benzene rings is 1. The number of ketones is 1. The van der Waals surface area contributed by atoms with E-state index >= 15 is 0 Å². The van der Waals surface area contributed by atoms with Crippen molar-refractivity contribution in [2.75, 3.05) is 6.61 Å². The van der Waals surface area contributed by atoms with Crippen molar-refractivity contribution in [3.8, 4) is 0 Å². The summed E-state index contributed by atoms with van der Waals surface area (Å²) in [7, 11) is 0. The predicted molar refractivity (Wildman–Crippen MR) is 101 cm³/mol. The van der Waals surface area contributed by atoms with E-state index in [1.54, 1.807) is 12.1 Å². The lowest BCUT2D eigenvalue weighted by Gasteiger charge is -2.15. The van der Waals surface area contributed by atoms with Gasteiger partial charge in [0.05, 0.1) is 17.3 Å². The molecule has 1 aromatic heterocycles. The van der Waals surface area contributed by atoms with Gasteiger partial charge in [-0.1, -0.05) is 37.3 Å². The molecular weight excluding hydrogens is 350 g/mol. The third-order valence-corrected chi connectivity index (χ3v) is 4.89. The van der Waals surface area contributed by atoms with Crippen LogP contribution in [0.15, 0.2) is 41.8 Å². The molecule has 0 aliphatic carbocycles. The summed E-state index contributed by atoms with van der Waals surface area (Å²) in [5.41, 5.74) is 2.22. The van der Waals surface area contributed by atoms with Crippen molar-refractivity contribution in [1.29, 1.82) is 0 Å². The summed E-state index contributed by atoms with van der Waals surface area (Å²) >= 11 is 1.34. The summed E-state index contributed by atoms with van der Waals surface area (Å²) in [4.78, 5) is 36.1. The molecule has 6 heteroatoms. The smallest absolute Gasteiger partial charge is 0.306 e. The van der Waals surface area contributed by atoms with Crippen LogP contribution >= 0.6 is 11.3 Å². The number of hydrogen-bond donors (Lipinski definition) is 1. The van der Waals surface area contributed by atoms with E-state index in [0.717, 1.165) is 12.0 Å². The zero-order valence-electron chi connectivity index (χ0n) is 15.0. The highest BCUT2D eigenvalue weighted by molar-refractivity contribution is 7.12. The highest BCUT2D eigenvalue weighted by atomic mass is 32.1. The van der Waals surface area contributed by atoms with Gasteiger partial charge in [0, 0.05) is 6.42 Å². The number of amides is 1. The molecule has 1 heterocycles. The van der Waals surface area contributed by atoms with Crippen molar-refractivity contribution in [1.82, 2.24) is 5.32 Å². The van der Waals surface area contributed by atoms with E-state index in [1.807, 2.05) is 36.6 Å². The van der Waals surface area contributed by atoms with Gasteiger partial charge in [0.25, 0.3) is 5.91 Å². The number of rotatable bonds is 9.